The minimum Gasteiger partial charge on any atom is -0.355 e. The van der Waals surface area contributed by atoms with Crippen LogP contribution in [-0.4, -0.2) is 0 Å². The molecule has 58 heavy (non-hydrogen) atoms. The van der Waals surface area contributed by atoms with Gasteiger partial charge < -0.3 is 5.32 Å². The Morgan fingerprint density at radius 1 is 0.500 bits per heavy atom. The third-order valence-electron chi connectivity index (χ3n) is 11.6. The van der Waals surface area contributed by atoms with Gasteiger partial charge in [-0.1, -0.05) is 214 Å². The molecule has 7 aromatic rings. The summed E-state index contributed by atoms with van der Waals surface area (Å²) < 4.78 is 0. The van der Waals surface area contributed by atoms with E-state index in [0.717, 1.165) is 17.8 Å². The number of fused-ring (bicyclic) bond motifs is 1. The lowest BCUT2D eigenvalue weighted by atomic mass is 9.82. The molecule has 0 radical (unpaired) electrons. The summed E-state index contributed by atoms with van der Waals surface area (Å²) in [5.74, 6) is 0.647. The van der Waals surface area contributed by atoms with Gasteiger partial charge in [-0.2, -0.15) is 0 Å². The summed E-state index contributed by atoms with van der Waals surface area (Å²) in [6.45, 7) is 13.5. The minimum atomic E-state index is 0.133. The van der Waals surface area contributed by atoms with E-state index in [2.05, 4.69) is 235 Å². The van der Waals surface area contributed by atoms with Crippen LogP contribution in [0, 0.1) is 19.8 Å². The number of rotatable bonds is 6. The minimum absolute atomic E-state index is 0.133. The van der Waals surface area contributed by atoms with Crippen LogP contribution >= 0.6 is 0 Å². The summed E-state index contributed by atoms with van der Waals surface area (Å²) in [6, 6.07) is 64.2. The monoisotopic (exact) mass is 753 g/mol. The molecule has 7 aromatic carbocycles. The second-order valence-corrected chi connectivity index (χ2v) is 16.1. The lowest BCUT2D eigenvalue weighted by molar-refractivity contribution is 0.639. The smallest absolute Gasteiger partial charge is 0.0463 e. The first-order chi connectivity index (χ1) is 28.2. The third kappa shape index (κ3) is 9.22. The van der Waals surface area contributed by atoms with Gasteiger partial charge in [0.25, 0.3) is 0 Å². The van der Waals surface area contributed by atoms with E-state index in [1.807, 2.05) is 12.1 Å². The van der Waals surface area contributed by atoms with Crippen molar-refractivity contribution in [1.29, 1.82) is 0 Å². The number of benzene rings is 7. The number of anilines is 2. The second kappa shape index (κ2) is 18.2. The van der Waals surface area contributed by atoms with E-state index in [0.29, 0.717) is 5.92 Å². The molecule has 0 saturated carbocycles. The van der Waals surface area contributed by atoms with Crippen LogP contribution in [0.4, 0.5) is 11.4 Å². The second-order valence-electron chi connectivity index (χ2n) is 16.1. The van der Waals surface area contributed by atoms with E-state index in [4.69, 9.17) is 0 Å². The Labute approximate surface area is 347 Å². The van der Waals surface area contributed by atoms with Crippen LogP contribution in [0.3, 0.4) is 0 Å². The summed E-state index contributed by atoms with van der Waals surface area (Å²) in [7, 11) is 0. The maximum atomic E-state index is 3.57. The quantitative estimate of drug-likeness (QED) is 0.178. The Morgan fingerprint density at radius 3 is 1.67 bits per heavy atom. The van der Waals surface area contributed by atoms with Crippen LogP contribution in [0.1, 0.15) is 67.5 Å². The summed E-state index contributed by atoms with van der Waals surface area (Å²) in [6.07, 6.45) is 7.98. The van der Waals surface area contributed by atoms with Crippen molar-refractivity contribution in [1.82, 2.24) is 0 Å². The van der Waals surface area contributed by atoms with Crippen molar-refractivity contribution in [3.05, 3.63) is 239 Å². The van der Waals surface area contributed by atoms with Crippen molar-refractivity contribution in [2.75, 3.05) is 5.32 Å². The summed E-state index contributed by atoms with van der Waals surface area (Å²) in [5, 5.41) is 3.57. The summed E-state index contributed by atoms with van der Waals surface area (Å²) in [5.41, 5.74) is 19.7. The predicted molar refractivity (Wildman–Crippen MR) is 251 cm³/mol. The van der Waals surface area contributed by atoms with Crippen LogP contribution < -0.4 is 5.32 Å². The molecule has 0 amide bonds. The Bertz CT molecular complexity index is 2530. The van der Waals surface area contributed by atoms with Crippen LogP contribution in [0.25, 0.3) is 33.4 Å². The molecule has 2 aliphatic carbocycles. The largest absolute Gasteiger partial charge is 0.355 e. The maximum Gasteiger partial charge on any atom is 0.0463 e. The topological polar surface area (TPSA) is 12.0 Å². The van der Waals surface area contributed by atoms with Crippen LogP contribution in [0.15, 0.2) is 206 Å². The van der Waals surface area contributed by atoms with Gasteiger partial charge in [0.1, 0.15) is 0 Å². The number of hydrogen-bond donors (Lipinski definition) is 1. The zero-order chi connectivity index (χ0) is 40.5. The first kappa shape index (κ1) is 39.8. The molecule has 1 heteroatoms. The normalized spacial score (nSPS) is 14.9. The fourth-order valence-corrected chi connectivity index (χ4v) is 7.84. The Hall–Kier alpha value is -6.44. The first-order valence-corrected chi connectivity index (χ1v) is 20.6. The number of para-hydroxylation sites is 1. The fraction of sp³-hybridized carbons (Fsp3) is 0.158. The molecular weight excluding hydrogens is 699 g/mol. The Morgan fingerprint density at radius 2 is 1.03 bits per heavy atom. The van der Waals surface area contributed by atoms with Crippen LogP contribution in [-0.2, 0) is 5.41 Å². The molecule has 0 aliphatic heterocycles. The lowest BCUT2D eigenvalue weighted by Crippen LogP contribution is -2.15. The molecule has 9 rings (SSSR count). The van der Waals surface area contributed by atoms with E-state index in [1.165, 1.54) is 72.4 Å². The van der Waals surface area contributed by atoms with Crippen LogP contribution in [0.2, 0.25) is 0 Å². The van der Waals surface area contributed by atoms with E-state index in [9.17, 15) is 0 Å². The molecule has 1 nitrogen and oxygen atoms in total. The number of hydrogen-bond acceptors (Lipinski definition) is 1. The van der Waals surface area contributed by atoms with Gasteiger partial charge in [-0.15, -0.1) is 0 Å². The van der Waals surface area contributed by atoms with Crippen LogP contribution in [0.5, 0.6) is 0 Å². The Balaban J connectivity index is 0.000000140. The van der Waals surface area contributed by atoms with Crippen molar-refractivity contribution in [2.24, 2.45) is 5.92 Å². The van der Waals surface area contributed by atoms with Gasteiger partial charge in [0.2, 0.25) is 0 Å². The van der Waals surface area contributed by atoms with Gasteiger partial charge in [-0.25, -0.2) is 0 Å². The molecule has 0 heterocycles. The maximum absolute atomic E-state index is 3.57. The van der Waals surface area contributed by atoms with Crippen molar-refractivity contribution in [3.8, 4) is 22.3 Å². The van der Waals surface area contributed by atoms with Crippen molar-refractivity contribution in [3.63, 3.8) is 0 Å². The molecule has 1 N–H and O–H groups in total. The van der Waals surface area contributed by atoms with Gasteiger partial charge >= 0.3 is 0 Å². The summed E-state index contributed by atoms with van der Waals surface area (Å²) in [4.78, 5) is 0. The molecule has 288 valence electrons. The highest BCUT2D eigenvalue weighted by Gasteiger charge is 2.35. The highest BCUT2D eigenvalue weighted by atomic mass is 14.9. The SMILES string of the molecule is CC1=C(c2ccccc2C)c2ccccc2C1(C)C.CC1C=CC(c2ccc(Nc3ccccc3-c3ccccc3)cc2)=CC1.Cc1ccc(-c2ccccc2)cc1. The highest BCUT2D eigenvalue weighted by molar-refractivity contribution is 5.90. The molecule has 0 saturated heterocycles. The number of nitrogens with one attached hydrogen (secondary N) is 1. The molecule has 2 aliphatic rings. The van der Waals surface area contributed by atoms with E-state index in [1.54, 1.807) is 0 Å². The van der Waals surface area contributed by atoms with Crippen molar-refractivity contribution < 1.29 is 0 Å². The van der Waals surface area contributed by atoms with E-state index < -0.39 is 0 Å². The highest BCUT2D eigenvalue weighted by Crippen LogP contribution is 2.48. The predicted octanol–water partition coefficient (Wildman–Crippen LogP) is 15.8. The van der Waals surface area contributed by atoms with Crippen molar-refractivity contribution in [2.45, 2.75) is 53.4 Å². The average molecular weight is 754 g/mol. The van der Waals surface area contributed by atoms with Gasteiger partial charge in [0.05, 0.1) is 0 Å². The molecule has 1 unspecified atom stereocenters. The van der Waals surface area contributed by atoms with Gasteiger partial charge in [0, 0.05) is 22.4 Å². The van der Waals surface area contributed by atoms with Gasteiger partial charge in [-0.3, -0.25) is 0 Å². The zero-order valence-corrected chi connectivity index (χ0v) is 34.8. The molecule has 0 bridgehead atoms. The van der Waals surface area contributed by atoms with Gasteiger partial charge in [-0.05, 0) is 107 Å². The molecular formula is C57H55N. The zero-order valence-electron chi connectivity index (χ0n) is 34.8. The first-order valence-electron chi connectivity index (χ1n) is 20.6. The van der Waals surface area contributed by atoms with Crippen molar-refractivity contribution >= 4 is 22.5 Å². The lowest BCUT2D eigenvalue weighted by Gasteiger charge is -2.22. The summed E-state index contributed by atoms with van der Waals surface area (Å²) >= 11 is 0. The number of aryl methyl sites for hydroxylation is 2. The van der Waals surface area contributed by atoms with E-state index in [-0.39, 0.29) is 5.41 Å². The molecule has 1 atom stereocenters. The van der Waals surface area contributed by atoms with E-state index >= 15 is 0 Å². The standard InChI is InChI=1S/C25H23N.C19H20.C13H12/c1-19-11-13-20(14-12-19)21-15-17-23(18-16-21)26-25-10-6-5-9-24(25)22-7-3-2-4-8-22;1-13-9-5-6-10-15(13)18-14(2)19(3,4)17-12-8-7-11-16(17)18;1-11-7-9-13(10-8-11)12-5-3-2-4-6-12/h2-11,13-19,26H,12H2,1H3;5-12H,1-4H3;2-10H,1H3. The molecule has 0 fully saturated rings. The van der Waals surface area contributed by atoms with Gasteiger partial charge in [0.15, 0.2) is 0 Å². The third-order valence-corrected chi connectivity index (χ3v) is 11.6. The average Bonchev–Trinajstić information content (AvgIpc) is 3.47. The number of allylic oxidation sites excluding steroid dienone is 5. The molecule has 0 spiro atoms. The Kier molecular flexibility index (Phi) is 12.5. The fourth-order valence-electron chi connectivity index (χ4n) is 7.84. The molecule has 0 aromatic heterocycles.